The second-order valence-electron chi connectivity index (χ2n) is 6.21. The molecule has 0 spiro atoms. The predicted molar refractivity (Wildman–Crippen MR) is 90.3 cm³/mol. The summed E-state index contributed by atoms with van der Waals surface area (Å²) in [6.07, 6.45) is 2.78. The van der Waals surface area contributed by atoms with E-state index in [1.165, 1.54) is 38.2 Å². The molecule has 2 fully saturated rings. The first kappa shape index (κ1) is 15.1. The Morgan fingerprint density at radius 2 is 1.81 bits per heavy atom. The molecule has 1 N–H and O–H groups in total. The van der Waals surface area contributed by atoms with Gasteiger partial charge in [0.05, 0.1) is 0 Å². The lowest BCUT2D eigenvalue weighted by atomic mass is 9.78. The third-order valence-electron chi connectivity index (χ3n) is 5.01. The molecule has 21 heavy (non-hydrogen) atoms. The highest BCUT2D eigenvalue weighted by Crippen LogP contribution is 2.32. The van der Waals surface area contributed by atoms with Crippen LogP contribution in [0.1, 0.15) is 19.8 Å². The van der Waals surface area contributed by atoms with Crippen LogP contribution >= 0.6 is 11.6 Å². The Morgan fingerprint density at radius 3 is 2.38 bits per heavy atom. The van der Waals surface area contributed by atoms with E-state index >= 15 is 0 Å². The predicted octanol–water partition coefficient (Wildman–Crippen LogP) is 2.85. The van der Waals surface area contributed by atoms with Crippen molar-refractivity contribution in [1.29, 1.82) is 0 Å². The molecule has 1 aliphatic carbocycles. The third kappa shape index (κ3) is 3.53. The molecule has 0 aromatic heterocycles. The monoisotopic (exact) mass is 307 g/mol. The molecule has 1 aromatic rings. The molecule has 4 heteroatoms. The highest BCUT2D eigenvalue weighted by Gasteiger charge is 2.36. The fraction of sp³-hybridized carbons (Fsp3) is 0.647. The summed E-state index contributed by atoms with van der Waals surface area (Å²) in [6, 6.07) is 9.06. The van der Waals surface area contributed by atoms with Crippen LogP contribution in [-0.4, -0.2) is 50.2 Å². The van der Waals surface area contributed by atoms with Crippen LogP contribution in [0.15, 0.2) is 24.3 Å². The van der Waals surface area contributed by atoms with Gasteiger partial charge in [-0.15, -0.1) is 0 Å². The van der Waals surface area contributed by atoms with Crippen LogP contribution < -0.4 is 10.2 Å². The van der Waals surface area contributed by atoms with E-state index in [1.807, 2.05) is 12.1 Å². The van der Waals surface area contributed by atoms with Crippen LogP contribution in [-0.2, 0) is 0 Å². The van der Waals surface area contributed by atoms with Crippen LogP contribution in [0.5, 0.6) is 0 Å². The molecule has 0 radical (unpaired) electrons. The average molecular weight is 308 g/mol. The van der Waals surface area contributed by atoms with Gasteiger partial charge in [-0.05, 0) is 56.1 Å². The van der Waals surface area contributed by atoms with Crippen molar-refractivity contribution in [3.8, 4) is 0 Å². The number of halogens is 1. The van der Waals surface area contributed by atoms with Crippen molar-refractivity contribution < 1.29 is 0 Å². The summed E-state index contributed by atoms with van der Waals surface area (Å²) >= 11 is 5.97. The standard InChI is InChI=1S/C17H26ClN3/c1-2-19-13-14-3-8-17(14)21-11-9-20(10-12-21)16-6-4-15(18)5-7-16/h4-7,14,17,19H,2-3,8-13H2,1H3. The van der Waals surface area contributed by atoms with Crippen molar-refractivity contribution >= 4 is 17.3 Å². The maximum atomic E-state index is 5.97. The first-order valence-electron chi connectivity index (χ1n) is 8.23. The number of hydrogen-bond acceptors (Lipinski definition) is 3. The lowest BCUT2D eigenvalue weighted by Crippen LogP contribution is -2.57. The highest BCUT2D eigenvalue weighted by atomic mass is 35.5. The van der Waals surface area contributed by atoms with Crippen molar-refractivity contribution in [2.75, 3.05) is 44.2 Å². The van der Waals surface area contributed by atoms with E-state index in [0.717, 1.165) is 36.6 Å². The van der Waals surface area contributed by atoms with Gasteiger partial charge in [0.15, 0.2) is 0 Å². The minimum atomic E-state index is 0.816. The molecule has 1 heterocycles. The minimum Gasteiger partial charge on any atom is -0.369 e. The van der Waals surface area contributed by atoms with Gasteiger partial charge in [0, 0.05) is 42.9 Å². The van der Waals surface area contributed by atoms with E-state index in [9.17, 15) is 0 Å². The highest BCUT2D eigenvalue weighted by molar-refractivity contribution is 6.30. The van der Waals surface area contributed by atoms with Gasteiger partial charge in [-0.3, -0.25) is 4.90 Å². The van der Waals surface area contributed by atoms with Crippen molar-refractivity contribution in [2.24, 2.45) is 5.92 Å². The molecule has 1 aromatic carbocycles. The molecule has 0 amide bonds. The summed E-state index contributed by atoms with van der Waals surface area (Å²) in [5.41, 5.74) is 1.30. The zero-order valence-corrected chi connectivity index (χ0v) is 13.6. The Kier molecular flexibility index (Phi) is 5.04. The fourth-order valence-corrected chi connectivity index (χ4v) is 3.69. The normalized spacial score (nSPS) is 26.7. The molecule has 3 nitrogen and oxygen atoms in total. The van der Waals surface area contributed by atoms with Crippen LogP contribution in [0.2, 0.25) is 5.02 Å². The zero-order valence-electron chi connectivity index (χ0n) is 12.9. The Morgan fingerprint density at radius 1 is 1.10 bits per heavy atom. The summed E-state index contributed by atoms with van der Waals surface area (Å²) in [5, 5.41) is 4.33. The summed E-state index contributed by atoms with van der Waals surface area (Å²) in [4.78, 5) is 5.18. The quantitative estimate of drug-likeness (QED) is 0.902. The molecule has 1 saturated carbocycles. The van der Waals surface area contributed by atoms with Crippen LogP contribution in [0.25, 0.3) is 0 Å². The van der Waals surface area contributed by atoms with E-state index in [4.69, 9.17) is 11.6 Å². The lowest BCUT2D eigenvalue weighted by molar-refractivity contribution is 0.0575. The average Bonchev–Trinajstić information content (AvgIpc) is 2.48. The molecule has 1 aliphatic heterocycles. The van der Waals surface area contributed by atoms with E-state index < -0.39 is 0 Å². The minimum absolute atomic E-state index is 0.816. The number of rotatable bonds is 5. The lowest BCUT2D eigenvalue weighted by Gasteiger charge is -2.48. The number of benzene rings is 1. The van der Waals surface area contributed by atoms with Gasteiger partial charge in [-0.25, -0.2) is 0 Å². The van der Waals surface area contributed by atoms with Crippen molar-refractivity contribution in [3.63, 3.8) is 0 Å². The van der Waals surface area contributed by atoms with Gasteiger partial charge in [-0.2, -0.15) is 0 Å². The number of nitrogens with one attached hydrogen (secondary N) is 1. The largest absolute Gasteiger partial charge is 0.369 e. The molecule has 2 aliphatic rings. The number of anilines is 1. The summed E-state index contributed by atoms with van der Waals surface area (Å²) in [5.74, 6) is 0.868. The molecular formula is C17H26ClN3. The molecule has 3 rings (SSSR count). The number of nitrogens with zero attached hydrogens (tertiary/aromatic N) is 2. The van der Waals surface area contributed by atoms with Crippen molar-refractivity contribution in [3.05, 3.63) is 29.3 Å². The topological polar surface area (TPSA) is 18.5 Å². The van der Waals surface area contributed by atoms with E-state index in [2.05, 4.69) is 34.2 Å². The summed E-state index contributed by atoms with van der Waals surface area (Å²) in [7, 11) is 0. The van der Waals surface area contributed by atoms with Gasteiger partial charge in [0.2, 0.25) is 0 Å². The summed E-state index contributed by atoms with van der Waals surface area (Å²) in [6.45, 7) is 9.12. The maximum Gasteiger partial charge on any atom is 0.0407 e. The van der Waals surface area contributed by atoms with Gasteiger partial charge < -0.3 is 10.2 Å². The van der Waals surface area contributed by atoms with E-state index in [1.54, 1.807) is 0 Å². The molecule has 1 saturated heterocycles. The second kappa shape index (κ2) is 6.99. The van der Waals surface area contributed by atoms with Crippen LogP contribution in [0, 0.1) is 5.92 Å². The zero-order chi connectivity index (χ0) is 14.7. The molecule has 2 unspecified atom stereocenters. The molecular weight excluding hydrogens is 282 g/mol. The summed E-state index contributed by atoms with van der Waals surface area (Å²) < 4.78 is 0. The second-order valence-corrected chi connectivity index (χ2v) is 6.65. The third-order valence-corrected chi connectivity index (χ3v) is 5.26. The first-order valence-corrected chi connectivity index (χ1v) is 8.61. The molecule has 116 valence electrons. The maximum absolute atomic E-state index is 5.97. The number of hydrogen-bond donors (Lipinski definition) is 1. The number of piperazine rings is 1. The Balaban J connectivity index is 1.50. The van der Waals surface area contributed by atoms with E-state index in [-0.39, 0.29) is 0 Å². The molecule has 2 atom stereocenters. The Bertz CT molecular complexity index is 440. The smallest absolute Gasteiger partial charge is 0.0407 e. The Hall–Kier alpha value is -0.770. The van der Waals surface area contributed by atoms with E-state index in [0.29, 0.717) is 0 Å². The molecule has 0 bridgehead atoms. The van der Waals surface area contributed by atoms with Gasteiger partial charge in [0.25, 0.3) is 0 Å². The van der Waals surface area contributed by atoms with Crippen LogP contribution in [0.3, 0.4) is 0 Å². The SMILES string of the molecule is CCNCC1CCC1N1CCN(c2ccc(Cl)cc2)CC1. The van der Waals surface area contributed by atoms with Crippen molar-refractivity contribution in [1.82, 2.24) is 10.2 Å². The van der Waals surface area contributed by atoms with Crippen LogP contribution in [0.4, 0.5) is 5.69 Å². The van der Waals surface area contributed by atoms with Gasteiger partial charge >= 0.3 is 0 Å². The Labute approximate surface area is 133 Å². The van der Waals surface area contributed by atoms with Gasteiger partial charge in [-0.1, -0.05) is 18.5 Å². The fourth-order valence-electron chi connectivity index (χ4n) is 3.56. The van der Waals surface area contributed by atoms with Crippen molar-refractivity contribution in [2.45, 2.75) is 25.8 Å². The first-order chi connectivity index (χ1) is 10.3. The van der Waals surface area contributed by atoms with Gasteiger partial charge in [0.1, 0.15) is 0 Å².